The summed E-state index contributed by atoms with van der Waals surface area (Å²) in [5.74, 6) is 0. The molecule has 29 heavy (non-hydrogen) atoms. The predicted molar refractivity (Wildman–Crippen MR) is 140 cm³/mol. The van der Waals surface area contributed by atoms with Gasteiger partial charge in [0, 0.05) is 0 Å². The Morgan fingerprint density at radius 3 is 1.03 bits per heavy atom. The van der Waals surface area contributed by atoms with Gasteiger partial charge in [-0.25, -0.2) is 0 Å². The average Bonchev–Trinajstić information content (AvgIpc) is 2.74. The molecule has 0 heterocycles. The Balaban J connectivity index is 4.52. The summed E-state index contributed by atoms with van der Waals surface area (Å²) in [5.41, 5.74) is 0. The van der Waals surface area contributed by atoms with E-state index >= 15 is 0 Å². The van der Waals surface area contributed by atoms with Crippen LogP contribution in [0.3, 0.4) is 0 Å². The van der Waals surface area contributed by atoms with E-state index in [1.807, 2.05) is 7.11 Å². The van der Waals surface area contributed by atoms with Gasteiger partial charge in [-0.2, -0.15) is 0 Å². The molecule has 0 unspecified atom stereocenters. The van der Waals surface area contributed by atoms with E-state index in [0.717, 1.165) is 6.61 Å². The third-order valence-electron chi connectivity index (χ3n) is 7.02. The molecule has 0 aliphatic rings. The first-order valence-electron chi connectivity index (χ1n) is 13.7. The molecule has 0 rings (SSSR count). The fourth-order valence-corrected chi connectivity index (χ4v) is 10.0. The molecule has 1 nitrogen and oxygen atoms in total. The molecule has 0 aromatic rings. The Labute approximate surface area is 186 Å². The second-order valence-electron chi connectivity index (χ2n) is 9.80. The molecule has 0 aliphatic heterocycles. The van der Waals surface area contributed by atoms with E-state index in [1.54, 1.807) is 18.5 Å². The van der Waals surface area contributed by atoms with E-state index in [-0.39, 0.29) is 0 Å². The first kappa shape index (κ1) is 29.4. The van der Waals surface area contributed by atoms with Crippen LogP contribution in [0, 0.1) is 0 Å². The molecule has 0 atom stereocenters. The van der Waals surface area contributed by atoms with Crippen LogP contribution in [0.1, 0.15) is 136 Å². The monoisotopic (exact) mass is 430 g/mol. The molecule has 0 bridgehead atoms. The van der Waals surface area contributed by atoms with Gasteiger partial charge >= 0.3 is 187 Å². The normalized spacial score (nSPS) is 12.6. The number of rotatable bonds is 24. The van der Waals surface area contributed by atoms with Crippen molar-refractivity contribution >= 4 is 7.26 Å². The zero-order valence-corrected chi connectivity index (χ0v) is 22.2. The molecule has 0 saturated carbocycles. The average molecular weight is 431 g/mol. The minimum atomic E-state index is -1.15. The Bertz CT molecular complexity index is 264. The number of unbranched alkanes of at least 4 members (excludes halogenated alkanes) is 15. The van der Waals surface area contributed by atoms with E-state index < -0.39 is 7.26 Å². The Morgan fingerprint density at radius 1 is 0.414 bits per heavy atom. The van der Waals surface area contributed by atoms with Crippen LogP contribution in [-0.4, -0.2) is 38.4 Å². The molecule has 178 valence electrons. The number of methoxy groups -OCH3 is 1. The molecular formula is C27H59OP. The van der Waals surface area contributed by atoms with Crippen molar-refractivity contribution in [1.82, 2.24) is 0 Å². The topological polar surface area (TPSA) is 9.23 Å². The van der Waals surface area contributed by atoms with Crippen LogP contribution in [0.5, 0.6) is 0 Å². The zero-order chi connectivity index (χ0) is 21.5. The van der Waals surface area contributed by atoms with Crippen LogP contribution in [0.15, 0.2) is 0 Å². The van der Waals surface area contributed by atoms with Gasteiger partial charge in [-0.05, 0) is 0 Å². The van der Waals surface area contributed by atoms with Crippen molar-refractivity contribution in [2.75, 3.05) is 38.4 Å². The van der Waals surface area contributed by atoms with E-state index in [0.29, 0.717) is 0 Å². The van der Waals surface area contributed by atoms with E-state index in [9.17, 15) is 0 Å². The van der Waals surface area contributed by atoms with Gasteiger partial charge in [-0.15, -0.1) is 0 Å². The zero-order valence-electron chi connectivity index (χ0n) is 21.2. The van der Waals surface area contributed by atoms with Gasteiger partial charge in [0.25, 0.3) is 0 Å². The van der Waals surface area contributed by atoms with Gasteiger partial charge in [0.05, 0.1) is 0 Å². The second kappa shape index (κ2) is 23.1. The van der Waals surface area contributed by atoms with Crippen LogP contribution >= 0.6 is 7.26 Å². The maximum atomic E-state index is 5.61. The van der Waals surface area contributed by atoms with E-state index in [1.165, 1.54) is 122 Å². The Kier molecular flexibility index (Phi) is 23.4. The minimum absolute atomic E-state index is 1.02. The Morgan fingerprint density at radius 2 is 0.724 bits per heavy atom. The van der Waals surface area contributed by atoms with Crippen molar-refractivity contribution in [2.24, 2.45) is 0 Å². The predicted octanol–water partition coefficient (Wildman–Crippen LogP) is 9.46. The molecule has 0 N–H and O–H groups in total. The van der Waals surface area contributed by atoms with Crippen molar-refractivity contribution in [2.45, 2.75) is 136 Å². The van der Waals surface area contributed by atoms with Gasteiger partial charge in [-0.3, -0.25) is 0 Å². The quantitative estimate of drug-likeness (QED) is 0.109. The van der Waals surface area contributed by atoms with Gasteiger partial charge < -0.3 is 0 Å². The van der Waals surface area contributed by atoms with Gasteiger partial charge in [0.15, 0.2) is 0 Å². The third-order valence-corrected chi connectivity index (χ3v) is 12.5. The second-order valence-corrected chi connectivity index (χ2v) is 14.8. The number of hydrogen-bond donors (Lipinski definition) is 0. The number of ether oxygens (including phenoxy) is 1. The number of hydrogen-bond acceptors (Lipinski definition) is 1. The van der Waals surface area contributed by atoms with Crippen LogP contribution in [0.4, 0.5) is 0 Å². The molecule has 0 aliphatic carbocycles. The summed E-state index contributed by atoms with van der Waals surface area (Å²) in [6, 6.07) is 0. The molecular weight excluding hydrogens is 371 g/mol. The van der Waals surface area contributed by atoms with Crippen LogP contribution in [-0.2, 0) is 4.74 Å². The van der Waals surface area contributed by atoms with Gasteiger partial charge in [0.1, 0.15) is 0 Å². The SMILES string of the molecule is CCCCCCCC[PH](CCCCCCCC)(CCCCCCCC)CCOC. The molecule has 0 spiro atoms. The maximum absolute atomic E-state index is 5.61. The molecule has 0 aromatic heterocycles. The van der Waals surface area contributed by atoms with Crippen molar-refractivity contribution in [3.8, 4) is 0 Å². The molecule has 0 radical (unpaired) electrons. The fourth-order valence-electron chi connectivity index (χ4n) is 4.91. The van der Waals surface area contributed by atoms with Crippen molar-refractivity contribution < 1.29 is 4.74 Å². The third kappa shape index (κ3) is 18.8. The first-order valence-corrected chi connectivity index (χ1v) is 16.6. The molecule has 0 saturated heterocycles. The summed E-state index contributed by atoms with van der Waals surface area (Å²) < 4.78 is 5.61. The molecule has 0 aromatic carbocycles. The summed E-state index contributed by atoms with van der Waals surface area (Å²) in [7, 11) is 0.769. The summed E-state index contributed by atoms with van der Waals surface area (Å²) in [4.78, 5) is 0. The van der Waals surface area contributed by atoms with Crippen molar-refractivity contribution in [3.63, 3.8) is 0 Å². The summed E-state index contributed by atoms with van der Waals surface area (Å²) in [6.45, 7) is 7.99. The van der Waals surface area contributed by atoms with Gasteiger partial charge in [-0.1, -0.05) is 0 Å². The molecule has 2 heteroatoms. The summed E-state index contributed by atoms with van der Waals surface area (Å²) >= 11 is 0. The van der Waals surface area contributed by atoms with E-state index in [2.05, 4.69) is 20.8 Å². The van der Waals surface area contributed by atoms with Gasteiger partial charge in [0.2, 0.25) is 0 Å². The molecule has 0 amide bonds. The summed E-state index contributed by atoms with van der Waals surface area (Å²) in [5, 5.41) is 0. The molecule has 0 fully saturated rings. The summed E-state index contributed by atoms with van der Waals surface area (Å²) in [6.07, 6.45) is 32.3. The van der Waals surface area contributed by atoms with Crippen LogP contribution < -0.4 is 0 Å². The van der Waals surface area contributed by atoms with Crippen molar-refractivity contribution in [3.05, 3.63) is 0 Å². The standard InChI is InChI=1S/C27H59OP/c1-5-8-11-14-17-20-24-29(27-23-28-4,25-21-18-15-12-9-6-2)26-22-19-16-13-10-7-3/h29H,5-27H2,1-4H3. The Hall–Kier alpha value is 0.390. The van der Waals surface area contributed by atoms with Crippen molar-refractivity contribution in [1.29, 1.82) is 0 Å². The first-order chi connectivity index (χ1) is 14.2. The fraction of sp³-hybridized carbons (Fsp3) is 1.00. The van der Waals surface area contributed by atoms with Crippen LogP contribution in [0.25, 0.3) is 0 Å². The van der Waals surface area contributed by atoms with Crippen LogP contribution in [0.2, 0.25) is 0 Å². The van der Waals surface area contributed by atoms with E-state index in [4.69, 9.17) is 4.74 Å².